The Morgan fingerprint density at radius 2 is 1.55 bits per heavy atom. The number of carbonyl (C=O) groups excluding carboxylic acids is 1. The molecule has 0 amide bonds. The molecule has 5 nitrogen and oxygen atoms in total. The number of alkyl halides is 3. The Hall–Kier alpha value is -3.14. The molecule has 3 aromatic rings. The number of carbonyl (C=O) groups is 1. The molecule has 152 valence electrons. The summed E-state index contributed by atoms with van der Waals surface area (Å²) in [4.78, 5) is 12.8. The molecule has 0 fully saturated rings. The van der Waals surface area contributed by atoms with Crippen molar-refractivity contribution in [3.8, 4) is 11.5 Å². The summed E-state index contributed by atoms with van der Waals surface area (Å²) >= 11 is 0. The molecule has 0 aliphatic carbocycles. The standard InChI is InChI=1S/C19H12F4O5S/c1-27-16-7-6-13(9-15(16)20)18(24)14-8-11-4-2-3-5-12(11)10-17(14)28-29(25,26)19(21,22)23/h2-10H,1H3. The van der Waals surface area contributed by atoms with E-state index in [2.05, 4.69) is 4.18 Å². The van der Waals surface area contributed by atoms with Gasteiger partial charge in [-0.25, -0.2) is 4.39 Å². The highest BCUT2D eigenvalue weighted by Crippen LogP contribution is 2.33. The van der Waals surface area contributed by atoms with Gasteiger partial charge >= 0.3 is 15.6 Å². The van der Waals surface area contributed by atoms with Gasteiger partial charge < -0.3 is 8.92 Å². The normalized spacial score (nSPS) is 12.0. The quantitative estimate of drug-likeness (QED) is 0.260. The summed E-state index contributed by atoms with van der Waals surface area (Å²) in [5.74, 6) is -2.76. The molecule has 0 atom stereocenters. The van der Waals surface area contributed by atoms with Gasteiger partial charge in [0.05, 0.1) is 12.7 Å². The molecule has 0 aromatic heterocycles. The van der Waals surface area contributed by atoms with E-state index in [-0.39, 0.29) is 11.3 Å². The maximum absolute atomic E-state index is 14.0. The van der Waals surface area contributed by atoms with E-state index in [9.17, 15) is 30.8 Å². The molecular formula is C19H12F4O5S. The molecule has 0 spiro atoms. The summed E-state index contributed by atoms with van der Waals surface area (Å²) < 4.78 is 84.2. The molecule has 0 aliphatic heterocycles. The first-order valence-corrected chi connectivity index (χ1v) is 9.36. The van der Waals surface area contributed by atoms with Gasteiger partial charge in [0.2, 0.25) is 0 Å². The molecule has 0 unspecified atom stereocenters. The van der Waals surface area contributed by atoms with Crippen LogP contribution in [0.3, 0.4) is 0 Å². The maximum Gasteiger partial charge on any atom is 0.534 e. The van der Waals surface area contributed by atoms with E-state index in [0.717, 1.165) is 18.2 Å². The van der Waals surface area contributed by atoms with Crippen LogP contribution >= 0.6 is 0 Å². The average Bonchev–Trinajstić information content (AvgIpc) is 2.65. The van der Waals surface area contributed by atoms with E-state index in [1.165, 1.54) is 25.3 Å². The third-order valence-electron chi connectivity index (χ3n) is 3.99. The second kappa shape index (κ2) is 7.36. The van der Waals surface area contributed by atoms with Crippen LogP contribution in [0.5, 0.6) is 11.5 Å². The van der Waals surface area contributed by atoms with Crippen molar-refractivity contribution in [2.75, 3.05) is 7.11 Å². The Morgan fingerprint density at radius 3 is 2.10 bits per heavy atom. The molecule has 0 saturated carbocycles. The number of fused-ring (bicyclic) bond motifs is 1. The van der Waals surface area contributed by atoms with E-state index in [4.69, 9.17) is 4.74 Å². The zero-order valence-electron chi connectivity index (χ0n) is 14.7. The molecule has 0 aliphatic rings. The SMILES string of the molecule is COc1ccc(C(=O)c2cc3ccccc3cc2OS(=O)(=O)C(F)(F)F)cc1F. The third-order valence-corrected chi connectivity index (χ3v) is 4.96. The van der Waals surface area contributed by atoms with Crippen LogP contribution in [0.25, 0.3) is 10.8 Å². The van der Waals surface area contributed by atoms with Crippen LogP contribution in [0.15, 0.2) is 54.6 Å². The Kier molecular flexibility index (Phi) is 5.22. The summed E-state index contributed by atoms with van der Waals surface area (Å²) in [6, 6.07) is 11.6. The Morgan fingerprint density at radius 1 is 0.931 bits per heavy atom. The molecule has 3 rings (SSSR count). The van der Waals surface area contributed by atoms with Gasteiger partial charge in [-0.3, -0.25) is 4.79 Å². The number of methoxy groups -OCH3 is 1. The number of hydrogen-bond acceptors (Lipinski definition) is 5. The number of ketones is 1. The molecule has 3 aromatic carbocycles. The van der Waals surface area contributed by atoms with Gasteiger partial charge in [0, 0.05) is 5.56 Å². The van der Waals surface area contributed by atoms with Crippen molar-refractivity contribution in [1.82, 2.24) is 0 Å². The zero-order valence-corrected chi connectivity index (χ0v) is 15.5. The Bertz CT molecular complexity index is 1200. The lowest BCUT2D eigenvalue weighted by molar-refractivity contribution is -0.0500. The van der Waals surface area contributed by atoms with E-state index >= 15 is 0 Å². The fraction of sp³-hybridized carbons (Fsp3) is 0.105. The zero-order chi connectivity index (χ0) is 21.4. The molecule has 10 heteroatoms. The number of rotatable bonds is 5. The lowest BCUT2D eigenvalue weighted by Crippen LogP contribution is -2.28. The largest absolute Gasteiger partial charge is 0.534 e. The van der Waals surface area contributed by atoms with E-state index in [0.29, 0.717) is 10.8 Å². The summed E-state index contributed by atoms with van der Waals surface area (Å²) in [7, 11) is -4.80. The van der Waals surface area contributed by atoms with Crippen molar-refractivity contribution in [2.45, 2.75) is 5.51 Å². The van der Waals surface area contributed by atoms with Gasteiger partial charge in [-0.2, -0.15) is 21.6 Å². The molecular weight excluding hydrogens is 416 g/mol. The van der Waals surface area contributed by atoms with Crippen LogP contribution in [0, 0.1) is 5.82 Å². The Labute approximate surface area is 162 Å². The van der Waals surface area contributed by atoms with Crippen LogP contribution in [-0.4, -0.2) is 26.8 Å². The average molecular weight is 428 g/mol. The predicted octanol–water partition coefficient (Wildman–Crippen LogP) is 4.45. The van der Waals surface area contributed by atoms with E-state index in [1.807, 2.05) is 0 Å². The van der Waals surface area contributed by atoms with Crippen LogP contribution in [-0.2, 0) is 10.1 Å². The first-order chi connectivity index (χ1) is 13.5. The highest BCUT2D eigenvalue weighted by atomic mass is 32.2. The molecule has 29 heavy (non-hydrogen) atoms. The van der Waals surface area contributed by atoms with Gasteiger partial charge in [-0.15, -0.1) is 0 Å². The van der Waals surface area contributed by atoms with Gasteiger partial charge in [0.15, 0.2) is 23.1 Å². The van der Waals surface area contributed by atoms with Crippen molar-refractivity contribution in [2.24, 2.45) is 0 Å². The fourth-order valence-electron chi connectivity index (χ4n) is 2.59. The first-order valence-electron chi connectivity index (χ1n) is 7.95. The maximum atomic E-state index is 14.0. The third kappa shape index (κ3) is 4.02. The van der Waals surface area contributed by atoms with E-state index in [1.54, 1.807) is 18.2 Å². The molecule has 0 radical (unpaired) electrons. The lowest BCUT2D eigenvalue weighted by Gasteiger charge is -2.14. The van der Waals surface area contributed by atoms with Crippen LogP contribution in [0.4, 0.5) is 17.6 Å². The van der Waals surface area contributed by atoms with Gasteiger partial charge in [0.25, 0.3) is 0 Å². The van der Waals surface area contributed by atoms with Gasteiger partial charge in [-0.1, -0.05) is 24.3 Å². The molecule has 0 saturated heterocycles. The highest BCUT2D eigenvalue weighted by Gasteiger charge is 2.49. The fourth-order valence-corrected chi connectivity index (χ4v) is 3.06. The minimum absolute atomic E-state index is 0.142. The minimum atomic E-state index is -6.02. The highest BCUT2D eigenvalue weighted by molar-refractivity contribution is 7.88. The smallest absolute Gasteiger partial charge is 0.494 e. The second-order valence-corrected chi connectivity index (χ2v) is 7.39. The molecule has 0 heterocycles. The van der Waals surface area contributed by atoms with Gasteiger partial charge in [0.1, 0.15) is 0 Å². The van der Waals surface area contributed by atoms with Crippen LogP contribution < -0.4 is 8.92 Å². The lowest BCUT2D eigenvalue weighted by atomic mass is 9.98. The summed E-state index contributed by atoms with van der Waals surface area (Å²) in [5.41, 5.74) is -6.39. The monoisotopic (exact) mass is 428 g/mol. The van der Waals surface area contributed by atoms with Crippen molar-refractivity contribution < 1.29 is 39.7 Å². The predicted molar refractivity (Wildman–Crippen MR) is 95.9 cm³/mol. The van der Waals surface area contributed by atoms with Crippen molar-refractivity contribution >= 4 is 26.7 Å². The van der Waals surface area contributed by atoms with E-state index < -0.39 is 38.5 Å². The van der Waals surface area contributed by atoms with Crippen molar-refractivity contribution in [3.05, 3.63) is 71.5 Å². The number of ether oxygens (including phenoxy) is 1. The first kappa shape index (κ1) is 20.6. The second-order valence-electron chi connectivity index (χ2n) is 5.86. The minimum Gasteiger partial charge on any atom is -0.494 e. The van der Waals surface area contributed by atoms with Crippen molar-refractivity contribution in [3.63, 3.8) is 0 Å². The molecule has 0 bridgehead atoms. The number of hydrogen-bond donors (Lipinski definition) is 0. The summed E-state index contributed by atoms with van der Waals surface area (Å²) in [6.07, 6.45) is 0. The molecule has 0 N–H and O–H groups in total. The summed E-state index contributed by atoms with van der Waals surface area (Å²) in [5, 5.41) is 0.791. The summed E-state index contributed by atoms with van der Waals surface area (Å²) in [6.45, 7) is 0. The number of halogens is 4. The topological polar surface area (TPSA) is 69.7 Å². The number of benzene rings is 3. The Balaban J connectivity index is 2.17. The van der Waals surface area contributed by atoms with Crippen molar-refractivity contribution in [1.29, 1.82) is 0 Å². The van der Waals surface area contributed by atoms with Gasteiger partial charge in [-0.05, 0) is 41.1 Å². The van der Waals surface area contributed by atoms with Crippen LogP contribution in [0.1, 0.15) is 15.9 Å². The van der Waals surface area contributed by atoms with Crippen LogP contribution in [0.2, 0.25) is 0 Å².